The summed E-state index contributed by atoms with van der Waals surface area (Å²) in [5.41, 5.74) is 1.24. The molecular formula is C15H14N2O. The van der Waals surface area contributed by atoms with Crippen LogP contribution >= 0.6 is 0 Å². The number of nitrogens with zero attached hydrogens (tertiary/aromatic N) is 2. The lowest BCUT2D eigenvalue weighted by Crippen LogP contribution is -2.04. The Bertz CT molecular complexity index is 668. The molecule has 2 aromatic carbocycles. The molecule has 0 fully saturated rings. The molecule has 0 unspecified atom stereocenters. The maximum absolute atomic E-state index is 9.22. The second-order valence-electron chi connectivity index (χ2n) is 4.27. The Balaban J connectivity index is 2.05. The number of aliphatic hydroxyl groups is 1. The van der Waals surface area contributed by atoms with Crippen molar-refractivity contribution in [2.45, 2.75) is 13.2 Å². The highest BCUT2D eigenvalue weighted by Crippen LogP contribution is 2.19. The molecule has 18 heavy (non-hydrogen) atoms. The Hall–Kier alpha value is -2.13. The first-order valence-electron chi connectivity index (χ1n) is 5.96. The van der Waals surface area contributed by atoms with Crippen LogP contribution in [0.2, 0.25) is 0 Å². The van der Waals surface area contributed by atoms with Gasteiger partial charge in [-0.05, 0) is 16.3 Å². The molecule has 0 bridgehead atoms. The largest absolute Gasteiger partial charge is 0.388 e. The zero-order chi connectivity index (χ0) is 12.4. The van der Waals surface area contributed by atoms with Gasteiger partial charge in [0, 0.05) is 18.9 Å². The average molecular weight is 238 g/mol. The lowest BCUT2D eigenvalue weighted by Gasteiger charge is -2.09. The summed E-state index contributed by atoms with van der Waals surface area (Å²) in [5, 5.41) is 11.7. The van der Waals surface area contributed by atoms with Gasteiger partial charge < -0.3 is 9.67 Å². The number of aliphatic hydroxyl groups excluding tert-OH is 1. The first-order valence-corrected chi connectivity index (χ1v) is 5.96. The van der Waals surface area contributed by atoms with E-state index in [0.29, 0.717) is 5.82 Å². The van der Waals surface area contributed by atoms with E-state index in [-0.39, 0.29) is 6.61 Å². The maximum atomic E-state index is 9.22. The van der Waals surface area contributed by atoms with Crippen LogP contribution in [0.1, 0.15) is 11.4 Å². The van der Waals surface area contributed by atoms with Crippen molar-refractivity contribution >= 4 is 10.8 Å². The van der Waals surface area contributed by atoms with E-state index in [2.05, 4.69) is 35.3 Å². The molecule has 0 aliphatic carbocycles. The molecule has 1 heterocycles. The summed E-state index contributed by atoms with van der Waals surface area (Å²) in [5.74, 6) is 0.697. The molecule has 3 nitrogen and oxygen atoms in total. The molecule has 0 saturated carbocycles. The van der Waals surface area contributed by atoms with Crippen LogP contribution in [0.25, 0.3) is 10.8 Å². The summed E-state index contributed by atoms with van der Waals surface area (Å²) in [6, 6.07) is 14.6. The van der Waals surface area contributed by atoms with Gasteiger partial charge in [0.15, 0.2) is 0 Å². The van der Waals surface area contributed by atoms with Crippen molar-refractivity contribution in [1.82, 2.24) is 9.55 Å². The molecule has 3 rings (SSSR count). The van der Waals surface area contributed by atoms with E-state index in [9.17, 15) is 5.11 Å². The van der Waals surface area contributed by atoms with Crippen LogP contribution in [0.3, 0.4) is 0 Å². The lowest BCUT2D eigenvalue weighted by atomic mass is 10.0. The smallest absolute Gasteiger partial charge is 0.134 e. The first kappa shape index (κ1) is 11.0. The molecule has 0 amide bonds. The molecule has 0 atom stereocenters. The fraction of sp³-hybridized carbons (Fsp3) is 0.133. The van der Waals surface area contributed by atoms with Crippen LogP contribution < -0.4 is 0 Å². The van der Waals surface area contributed by atoms with Gasteiger partial charge in [-0.15, -0.1) is 0 Å². The number of rotatable bonds is 3. The highest BCUT2D eigenvalue weighted by Gasteiger charge is 2.04. The van der Waals surface area contributed by atoms with Gasteiger partial charge >= 0.3 is 0 Å². The Kier molecular flexibility index (Phi) is 2.82. The quantitative estimate of drug-likeness (QED) is 0.761. The van der Waals surface area contributed by atoms with Gasteiger partial charge in [0.05, 0.1) is 0 Å². The normalized spacial score (nSPS) is 10.9. The molecule has 1 N–H and O–H groups in total. The molecule has 0 radical (unpaired) electrons. The third-order valence-corrected chi connectivity index (χ3v) is 3.16. The second-order valence-corrected chi connectivity index (χ2v) is 4.27. The maximum Gasteiger partial charge on any atom is 0.134 e. The molecule has 3 heteroatoms. The summed E-state index contributed by atoms with van der Waals surface area (Å²) in [4.78, 5) is 4.12. The molecule has 1 aromatic heterocycles. The molecule has 0 saturated heterocycles. The topological polar surface area (TPSA) is 38.1 Å². The molecule has 90 valence electrons. The summed E-state index contributed by atoms with van der Waals surface area (Å²) >= 11 is 0. The van der Waals surface area contributed by atoms with Crippen LogP contribution in [-0.4, -0.2) is 14.7 Å². The summed E-state index contributed by atoms with van der Waals surface area (Å²) in [6.07, 6.45) is 3.62. The van der Waals surface area contributed by atoms with Crippen molar-refractivity contribution in [3.8, 4) is 0 Å². The van der Waals surface area contributed by atoms with Crippen molar-refractivity contribution in [2.24, 2.45) is 0 Å². The zero-order valence-corrected chi connectivity index (χ0v) is 9.95. The third-order valence-electron chi connectivity index (χ3n) is 3.16. The Morgan fingerprint density at radius 1 is 1.06 bits per heavy atom. The Morgan fingerprint density at radius 3 is 2.78 bits per heavy atom. The van der Waals surface area contributed by atoms with Crippen LogP contribution in [0.4, 0.5) is 0 Å². The minimum absolute atomic E-state index is 0.0300. The SMILES string of the molecule is OCc1nccn1Cc1cccc2ccccc12. The van der Waals surface area contributed by atoms with Crippen LogP contribution in [0.15, 0.2) is 54.9 Å². The Morgan fingerprint density at radius 2 is 1.89 bits per heavy atom. The van der Waals surface area contributed by atoms with Crippen molar-refractivity contribution < 1.29 is 5.11 Å². The standard InChI is InChI=1S/C15H14N2O/c18-11-15-16-8-9-17(15)10-13-6-3-5-12-4-1-2-7-14(12)13/h1-9,18H,10-11H2. The van der Waals surface area contributed by atoms with E-state index in [1.54, 1.807) is 6.20 Å². The monoisotopic (exact) mass is 238 g/mol. The van der Waals surface area contributed by atoms with Gasteiger partial charge in [0.1, 0.15) is 12.4 Å². The van der Waals surface area contributed by atoms with E-state index in [1.165, 1.54) is 16.3 Å². The number of aromatic nitrogens is 2. The van der Waals surface area contributed by atoms with Gasteiger partial charge in [-0.2, -0.15) is 0 Å². The molecular weight excluding hydrogens is 224 g/mol. The van der Waals surface area contributed by atoms with Crippen molar-refractivity contribution in [2.75, 3.05) is 0 Å². The van der Waals surface area contributed by atoms with E-state index < -0.39 is 0 Å². The van der Waals surface area contributed by atoms with Gasteiger partial charge in [-0.3, -0.25) is 0 Å². The first-order chi connectivity index (χ1) is 8.88. The summed E-state index contributed by atoms with van der Waals surface area (Å²) in [7, 11) is 0. The van der Waals surface area contributed by atoms with E-state index in [1.807, 2.05) is 22.9 Å². The van der Waals surface area contributed by atoms with Crippen molar-refractivity contribution in [3.05, 3.63) is 66.2 Å². The average Bonchev–Trinajstić information content (AvgIpc) is 2.86. The van der Waals surface area contributed by atoms with Crippen LogP contribution in [-0.2, 0) is 13.2 Å². The predicted octanol–water partition coefficient (Wildman–Crippen LogP) is 2.58. The van der Waals surface area contributed by atoms with Crippen molar-refractivity contribution in [3.63, 3.8) is 0 Å². The highest BCUT2D eigenvalue weighted by atomic mass is 16.3. The highest BCUT2D eigenvalue weighted by molar-refractivity contribution is 5.85. The van der Waals surface area contributed by atoms with E-state index in [0.717, 1.165) is 6.54 Å². The van der Waals surface area contributed by atoms with Crippen LogP contribution in [0, 0.1) is 0 Å². The zero-order valence-electron chi connectivity index (χ0n) is 9.95. The summed E-state index contributed by atoms with van der Waals surface area (Å²) in [6.45, 7) is 0.703. The number of hydrogen-bond acceptors (Lipinski definition) is 2. The van der Waals surface area contributed by atoms with Crippen molar-refractivity contribution in [1.29, 1.82) is 0 Å². The molecule has 0 spiro atoms. The fourth-order valence-electron chi connectivity index (χ4n) is 2.25. The lowest BCUT2D eigenvalue weighted by molar-refractivity contribution is 0.266. The second kappa shape index (κ2) is 4.63. The number of imidazole rings is 1. The van der Waals surface area contributed by atoms with Gasteiger partial charge in [0.2, 0.25) is 0 Å². The molecule has 0 aliphatic rings. The number of fused-ring (bicyclic) bond motifs is 1. The fourth-order valence-corrected chi connectivity index (χ4v) is 2.25. The molecule has 3 aromatic rings. The molecule has 0 aliphatic heterocycles. The Labute approximate surface area is 105 Å². The van der Waals surface area contributed by atoms with Crippen LogP contribution in [0.5, 0.6) is 0 Å². The van der Waals surface area contributed by atoms with Gasteiger partial charge in [0.25, 0.3) is 0 Å². The van der Waals surface area contributed by atoms with Gasteiger partial charge in [-0.1, -0.05) is 42.5 Å². The van der Waals surface area contributed by atoms with E-state index >= 15 is 0 Å². The number of benzene rings is 2. The minimum Gasteiger partial charge on any atom is -0.388 e. The van der Waals surface area contributed by atoms with Gasteiger partial charge in [-0.25, -0.2) is 4.98 Å². The number of hydrogen-bond donors (Lipinski definition) is 1. The summed E-state index contributed by atoms with van der Waals surface area (Å²) < 4.78 is 1.97. The van der Waals surface area contributed by atoms with E-state index in [4.69, 9.17) is 0 Å². The predicted molar refractivity (Wildman–Crippen MR) is 71.2 cm³/mol. The third kappa shape index (κ3) is 1.89. The minimum atomic E-state index is -0.0300.